The molecule has 0 bridgehead atoms. The molecule has 26 heavy (non-hydrogen) atoms. The van der Waals surface area contributed by atoms with Crippen molar-refractivity contribution in [2.75, 3.05) is 0 Å². The molecule has 1 aromatic heterocycles. The van der Waals surface area contributed by atoms with E-state index in [1.807, 2.05) is 41.2 Å². The van der Waals surface area contributed by atoms with Crippen molar-refractivity contribution >= 4 is 12.0 Å². The first kappa shape index (κ1) is 16.3. The van der Waals surface area contributed by atoms with Gasteiger partial charge < -0.3 is 5.11 Å². The van der Waals surface area contributed by atoms with E-state index in [2.05, 4.69) is 23.8 Å². The Morgan fingerprint density at radius 3 is 2.62 bits per heavy atom. The summed E-state index contributed by atoms with van der Waals surface area (Å²) in [6, 6.07) is 14.0. The van der Waals surface area contributed by atoms with Gasteiger partial charge in [0.25, 0.3) is 0 Å². The molecule has 0 spiro atoms. The molecule has 1 fully saturated rings. The van der Waals surface area contributed by atoms with Crippen LogP contribution in [0, 0.1) is 0 Å². The lowest BCUT2D eigenvalue weighted by molar-refractivity contribution is 0.0696. The van der Waals surface area contributed by atoms with Crippen molar-refractivity contribution < 1.29 is 9.90 Å². The van der Waals surface area contributed by atoms with Gasteiger partial charge in [-0.2, -0.15) is 5.10 Å². The van der Waals surface area contributed by atoms with Crippen LogP contribution >= 0.6 is 0 Å². The molecule has 4 nitrogen and oxygen atoms in total. The summed E-state index contributed by atoms with van der Waals surface area (Å²) >= 11 is 0. The van der Waals surface area contributed by atoms with Crippen LogP contribution in [0.1, 0.15) is 51.4 Å². The number of carboxylic acids is 1. The Labute approximate surface area is 152 Å². The van der Waals surface area contributed by atoms with Crippen molar-refractivity contribution in [3.8, 4) is 5.69 Å². The highest BCUT2D eigenvalue weighted by atomic mass is 16.4. The number of rotatable bonds is 6. The van der Waals surface area contributed by atoms with Crippen molar-refractivity contribution in [2.24, 2.45) is 0 Å². The summed E-state index contributed by atoms with van der Waals surface area (Å²) < 4.78 is 1.82. The SMILES string of the molecule is C=Cc1cc(C2CC2)c(Cc2ccc(-n3cccn3)cc2)cc1C(=O)O. The first-order valence-electron chi connectivity index (χ1n) is 8.77. The average Bonchev–Trinajstić information content (AvgIpc) is 3.35. The van der Waals surface area contributed by atoms with Crippen molar-refractivity contribution in [3.05, 3.63) is 89.3 Å². The number of hydrogen-bond acceptors (Lipinski definition) is 2. The van der Waals surface area contributed by atoms with E-state index in [9.17, 15) is 9.90 Å². The third kappa shape index (κ3) is 3.18. The Bertz CT molecular complexity index is 953. The predicted molar refractivity (Wildman–Crippen MR) is 102 cm³/mol. The van der Waals surface area contributed by atoms with Gasteiger partial charge in [-0.1, -0.05) is 30.9 Å². The number of aromatic carboxylic acids is 1. The molecule has 3 aromatic rings. The van der Waals surface area contributed by atoms with Gasteiger partial charge in [0, 0.05) is 12.4 Å². The van der Waals surface area contributed by atoms with Crippen LogP contribution in [-0.2, 0) is 6.42 Å². The molecule has 0 radical (unpaired) electrons. The average molecular weight is 344 g/mol. The van der Waals surface area contributed by atoms with Crippen molar-refractivity contribution in [1.82, 2.24) is 9.78 Å². The van der Waals surface area contributed by atoms with Crippen molar-refractivity contribution in [2.45, 2.75) is 25.2 Å². The molecule has 4 rings (SSSR count). The minimum absolute atomic E-state index is 0.326. The second-order valence-electron chi connectivity index (χ2n) is 6.72. The third-order valence-corrected chi connectivity index (χ3v) is 4.88. The van der Waals surface area contributed by atoms with Crippen LogP contribution in [0.4, 0.5) is 0 Å². The molecule has 1 saturated carbocycles. The Morgan fingerprint density at radius 2 is 2.04 bits per heavy atom. The number of benzene rings is 2. The van der Waals surface area contributed by atoms with Crippen LogP contribution in [0.2, 0.25) is 0 Å². The van der Waals surface area contributed by atoms with E-state index in [0.717, 1.165) is 23.2 Å². The molecule has 0 amide bonds. The molecule has 0 unspecified atom stereocenters. The maximum absolute atomic E-state index is 11.6. The molecule has 1 aliphatic rings. The molecule has 1 heterocycles. The summed E-state index contributed by atoms with van der Waals surface area (Å²) in [6.45, 7) is 3.77. The number of carbonyl (C=O) groups is 1. The molecular weight excluding hydrogens is 324 g/mol. The number of aromatic nitrogens is 2. The zero-order chi connectivity index (χ0) is 18.1. The highest BCUT2D eigenvalue weighted by Crippen LogP contribution is 2.43. The van der Waals surface area contributed by atoms with Crippen LogP contribution in [0.5, 0.6) is 0 Å². The smallest absolute Gasteiger partial charge is 0.336 e. The van der Waals surface area contributed by atoms with Gasteiger partial charge in [0.05, 0.1) is 11.3 Å². The van der Waals surface area contributed by atoms with Gasteiger partial charge in [0.15, 0.2) is 0 Å². The summed E-state index contributed by atoms with van der Waals surface area (Å²) in [6.07, 6.45) is 8.38. The standard InChI is InChI=1S/C22H20N2O2/c1-2-16-13-20(17-6-7-17)18(14-21(16)22(25)26)12-15-4-8-19(9-5-15)24-11-3-10-23-24/h2-5,8-11,13-14,17H,1,6-7,12H2,(H,25,26). The highest BCUT2D eigenvalue weighted by Gasteiger charge is 2.27. The van der Waals surface area contributed by atoms with Gasteiger partial charge >= 0.3 is 5.97 Å². The summed E-state index contributed by atoms with van der Waals surface area (Å²) in [5, 5.41) is 13.8. The summed E-state index contributed by atoms with van der Waals surface area (Å²) in [7, 11) is 0. The van der Waals surface area contributed by atoms with E-state index in [-0.39, 0.29) is 0 Å². The normalized spacial score (nSPS) is 13.5. The topological polar surface area (TPSA) is 55.1 Å². The van der Waals surface area contributed by atoms with Crippen LogP contribution in [0.25, 0.3) is 11.8 Å². The van der Waals surface area contributed by atoms with Gasteiger partial charge in [-0.25, -0.2) is 9.48 Å². The van der Waals surface area contributed by atoms with Crippen LogP contribution in [-0.4, -0.2) is 20.9 Å². The lowest BCUT2D eigenvalue weighted by Crippen LogP contribution is -2.05. The highest BCUT2D eigenvalue weighted by molar-refractivity contribution is 5.92. The van der Waals surface area contributed by atoms with Crippen LogP contribution in [0.15, 0.2) is 61.4 Å². The fourth-order valence-electron chi connectivity index (χ4n) is 3.37. The molecule has 0 saturated heterocycles. The number of carboxylic acid groups (broad SMARTS) is 1. The molecule has 1 N–H and O–H groups in total. The van der Waals surface area contributed by atoms with Gasteiger partial charge in [-0.05, 0) is 71.7 Å². The molecule has 130 valence electrons. The lowest BCUT2D eigenvalue weighted by atomic mass is 9.91. The molecule has 0 atom stereocenters. The fourth-order valence-corrected chi connectivity index (χ4v) is 3.37. The quantitative estimate of drug-likeness (QED) is 0.706. The molecule has 0 aliphatic heterocycles. The maximum atomic E-state index is 11.6. The van der Waals surface area contributed by atoms with Crippen molar-refractivity contribution in [1.29, 1.82) is 0 Å². The Hall–Kier alpha value is -3.14. The van der Waals surface area contributed by atoms with E-state index >= 15 is 0 Å². The molecule has 1 aliphatic carbocycles. The second kappa shape index (κ2) is 6.64. The van der Waals surface area contributed by atoms with Gasteiger partial charge in [0.1, 0.15) is 0 Å². The monoisotopic (exact) mass is 344 g/mol. The number of hydrogen-bond donors (Lipinski definition) is 1. The first-order valence-corrected chi connectivity index (χ1v) is 8.77. The molecule has 4 heteroatoms. The summed E-state index contributed by atoms with van der Waals surface area (Å²) in [5.74, 6) is -0.354. The molecular formula is C22H20N2O2. The van der Waals surface area contributed by atoms with E-state index in [1.54, 1.807) is 12.3 Å². The van der Waals surface area contributed by atoms with Crippen molar-refractivity contribution in [3.63, 3.8) is 0 Å². The zero-order valence-electron chi connectivity index (χ0n) is 14.4. The number of nitrogens with zero attached hydrogens (tertiary/aromatic N) is 2. The molecule has 2 aromatic carbocycles. The summed E-state index contributed by atoms with van der Waals surface area (Å²) in [5.41, 5.74) is 5.56. The second-order valence-corrected chi connectivity index (χ2v) is 6.72. The summed E-state index contributed by atoms with van der Waals surface area (Å²) in [4.78, 5) is 11.6. The van der Waals surface area contributed by atoms with Crippen LogP contribution < -0.4 is 0 Å². The van der Waals surface area contributed by atoms with Crippen LogP contribution in [0.3, 0.4) is 0 Å². The maximum Gasteiger partial charge on any atom is 0.336 e. The largest absolute Gasteiger partial charge is 0.478 e. The third-order valence-electron chi connectivity index (χ3n) is 4.88. The lowest BCUT2D eigenvalue weighted by Gasteiger charge is -2.13. The Morgan fingerprint density at radius 1 is 1.27 bits per heavy atom. The van der Waals surface area contributed by atoms with E-state index in [4.69, 9.17) is 0 Å². The first-order chi connectivity index (χ1) is 12.7. The fraction of sp³-hybridized carbons (Fsp3) is 0.182. The van der Waals surface area contributed by atoms with Gasteiger partial charge in [-0.3, -0.25) is 0 Å². The van der Waals surface area contributed by atoms with E-state index in [0.29, 0.717) is 17.0 Å². The van der Waals surface area contributed by atoms with E-state index in [1.165, 1.54) is 18.4 Å². The van der Waals surface area contributed by atoms with Gasteiger partial charge in [0.2, 0.25) is 0 Å². The van der Waals surface area contributed by atoms with Gasteiger partial charge in [-0.15, -0.1) is 0 Å². The predicted octanol–water partition coefficient (Wildman–Crippen LogP) is 4.68. The zero-order valence-corrected chi connectivity index (χ0v) is 14.4. The minimum Gasteiger partial charge on any atom is -0.478 e. The van der Waals surface area contributed by atoms with E-state index < -0.39 is 5.97 Å². The Kier molecular flexibility index (Phi) is 4.17. The Balaban J connectivity index is 1.67. The minimum atomic E-state index is -0.905.